The van der Waals surface area contributed by atoms with Crippen molar-refractivity contribution in [2.45, 2.75) is 72.1 Å². The van der Waals surface area contributed by atoms with Crippen LogP contribution in [0.3, 0.4) is 0 Å². The maximum Gasteiger partial charge on any atom is 0.310 e. The van der Waals surface area contributed by atoms with Crippen molar-refractivity contribution >= 4 is 52.1 Å². The molecule has 3 heterocycles. The molecule has 0 aliphatic carbocycles. The molecule has 2 aliphatic rings. The number of amides is 1. The molecule has 1 amide bonds. The number of carbonyl (C=O) groups is 2. The number of carbonyl (C=O) groups excluding carboxylic acids is 2. The number of esters is 1. The maximum atomic E-state index is 13.3. The summed E-state index contributed by atoms with van der Waals surface area (Å²) in [7, 11) is 1.63. The monoisotopic (exact) mass is 558 g/mol. The molecule has 1 aromatic rings. The standard InChI is InChI=1S/C28H38N4O4S2/c1-5-7-8-9-10-11-15-32-26(34)23(38-28(32)37)16-21-19(3)22(17-29)25(33)30(4)24(21)31-14-12-13-20(18-31)27(35)36-6-2/h16,20H,5-15,18H2,1-4H3. The van der Waals surface area contributed by atoms with Crippen LogP contribution in [0.2, 0.25) is 0 Å². The van der Waals surface area contributed by atoms with Gasteiger partial charge in [0.2, 0.25) is 0 Å². The Hall–Kier alpha value is -2.64. The topological polar surface area (TPSA) is 95.6 Å². The molecule has 0 spiro atoms. The number of ether oxygens (including phenoxy) is 1. The molecule has 3 rings (SSSR count). The number of unbranched alkanes of at least 4 members (excludes halogenated alkanes) is 5. The van der Waals surface area contributed by atoms with Gasteiger partial charge in [0.05, 0.1) is 17.4 Å². The van der Waals surface area contributed by atoms with Crippen LogP contribution in [0.1, 0.15) is 81.9 Å². The van der Waals surface area contributed by atoms with Gasteiger partial charge in [-0.25, -0.2) is 0 Å². The second kappa shape index (κ2) is 13.9. The Bertz CT molecular complexity index is 1200. The van der Waals surface area contributed by atoms with Gasteiger partial charge < -0.3 is 9.64 Å². The largest absolute Gasteiger partial charge is 0.466 e. The Labute approximate surface area is 235 Å². The second-order valence-corrected chi connectivity index (χ2v) is 11.5. The van der Waals surface area contributed by atoms with Crippen LogP contribution in [0, 0.1) is 24.2 Å². The van der Waals surface area contributed by atoms with Crippen molar-refractivity contribution in [3.63, 3.8) is 0 Å². The molecule has 1 atom stereocenters. The summed E-state index contributed by atoms with van der Waals surface area (Å²) in [5.74, 6) is -0.0983. The number of hydrogen-bond donors (Lipinski definition) is 0. The van der Waals surface area contributed by atoms with E-state index in [1.54, 1.807) is 31.9 Å². The summed E-state index contributed by atoms with van der Waals surface area (Å²) >= 11 is 6.80. The van der Waals surface area contributed by atoms with Crippen LogP contribution in [0.25, 0.3) is 6.08 Å². The lowest BCUT2D eigenvalue weighted by atomic mass is 9.96. The van der Waals surface area contributed by atoms with Crippen molar-refractivity contribution in [1.82, 2.24) is 9.47 Å². The maximum absolute atomic E-state index is 13.3. The van der Waals surface area contributed by atoms with Crippen molar-refractivity contribution in [2.24, 2.45) is 13.0 Å². The number of nitrogens with zero attached hydrogens (tertiary/aromatic N) is 4. The molecule has 2 aliphatic heterocycles. The first-order chi connectivity index (χ1) is 18.2. The number of aromatic nitrogens is 1. The lowest BCUT2D eigenvalue weighted by molar-refractivity contribution is -0.148. The van der Waals surface area contributed by atoms with E-state index in [2.05, 4.69) is 6.92 Å². The van der Waals surface area contributed by atoms with Gasteiger partial charge in [-0.05, 0) is 44.7 Å². The number of pyridine rings is 1. The zero-order valence-corrected chi connectivity index (χ0v) is 24.5. The Morgan fingerprint density at radius 3 is 2.61 bits per heavy atom. The molecule has 10 heteroatoms. The number of hydrogen-bond acceptors (Lipinski definition) is 8. The van der Waals surface area contributed by atoms with Gasteiger partial charge in [-0.15, -0.1) is 0 Å². The summed E-state index contributed by atoms with van der Waals surface area (Å²) in [5, 5.41) is 9.73. The van der Waals surface area contributed by atoms with Crippen molar-refractivity contribution in [2.75, 3.05) is 31.1 Å². The molecule has 0 aromatic carbocycles. The zero-order valence-electron chi connectivity index (χ0n) is 22.9. The van der Waals surface area contributed by atoms with Gasteiger partial charge in [0.1, 0.15) is 21.8 Å². The van der Waals surface area contributed by atoms with E-state index in [0.717, 1.165) is 25.7 Å². The number of piperidine rings is 1. The average molecular weight is 559 g/mol. The van der Waals surface area contributed by atoms with E-state index in [1.165, 1.54) is 35.6 Å². The highest BCUT2D eigenvalue weighted by Gasteiger charge is 2.34. The van der Waals surface area contributed by atoms with E-state index >= 15 is 0 Å². The smallest absolute Gasteiger partial charge is 0.310 e. The van der Waals surface area contributed by atoms with Gasteiger partial charge in [0.15, 0.2) is 0 Å². The van der Waals surface area contributed by atoms with Gasteiger partial charge >= 0.3 is 5.97 Å². The van der Waals surface area contributed by atoms with Gasteiger partial charge in [-0.3, -0.25) is 23.9 Å². The fourth-order valence-corrected chi connectivity index (χ4v) is 6.38. The molecule has 206 valence electrons. The third-order valence-corrected chi connectivity index (χ3v) is 8.57. The van der Waals surface area contributed by atoms with Crippen molar-refractivity contribution in [3.05, 3.63) is 31.9 Å². The first-order valence-electron chi connectivity index (χ1n) is 13.6. The lowest BCUT2D eigenvalue weighted by Gasteiger charge is -2.35. The minimum Gasteiger partial charge on any atom is -0.466 e. The van der Waals surface area contributed by atoms with E-state index in [9.17, 15) is 19.6 Å². The van der Waals surface area contributed by atoms with Gasteiger partial charge in [-0.1, -0.05) is 63.0 Å². The van der Waals surface area contributed by atoms with Crippen molar-refractivity contribution in [1.29, 1.82) is 5.26 Å². The van der Waals surface area contributed by atoms with E-state index in [4.69, 9.17) is 17.0 Å². The second-order valence-electron chi connectivity index (χ2n) is 9.85. The highest BCUT2D eigenvalue weighted by Crippen LogP contribution is 2.36. The van der Waals surface area contributed by atoms with Crippen LogP contribution >= 0.6 is 24.0 Å². The molecule has 2 fully saturated rings. The van der Waals surface area contributed by atoms with Crippen LogP contribution in [-0.2, 0) is 21.4 Å². The third kappa shape index (κ3) is 6.67. The molecule has 38 heavy (non-hydrogen) atoms. The van der Waals surface area contributed by atoms with E-state index in [-0.39, 0.29) is 23.4 Å². The summed E-state index contributed by atoms with van der Waals surface area (Å²) in [4.78, 5) is 43.1. The third-order valence-electron chi connectivity index (χ3n) is 7.19. The summed E-state index contributed by atoms with van der Waals surface area (Å²) in [6.07, 6.45) is 9.98. The summed E-state index contributed by atoms with van der Waals surface area (Å²) < 4.78 is 7.25. The van der Waals surface area contributed by atoms with Gasteiger partial charge in [-0.2, -0.15) is 5.26 Å². The Morgan fingerprint density at radius 2 is 1.92 bits per heavy atom. The molecule has 0 radical (unpaired) electrons. The van der Waals surface area contributed by atoms with E-state index < -0.39 is 5.56 Å². The van der Waals surface area contributed by atoms with Gasteiger partial charge in [0.25, 0.3) is 11.5 Å². The quantitative estimate of drug-likeness (QED) is 0.164. The first-order valence-corrected chi connectivity index (χ1v) is 14.8. The van der Waals surface area contributed by atoms with Crippen LogP contribution in [0.15, 0.2) is 9.70 Å². The highest BCUT2D eigenvalue weighted by atomic mass is 32.2. The first kappa shape index (κ1) is 29.9. The van der Waals surface area contributed by atoms with Crippen molar-refractivity contribution < 1.29 is 14.3 Å². The van der Waals surface area contributed by atoms with Crippen LogP contribution in [0.5, 0.6) is 0 Å². The molecular weight excluding hydrogens is 520 g/mol. The fourth-order valence-electron chi connectivity index (χ4n) is 5.09. The number of thioether (sulfide) groups is 1. The van der Waals surface area contributed by atoms with E-state index in [0.29, 0.717) is 58.8 Å². The molecule has 0 bridgehead atoms. The Morgan fingerprint density at radius 1 is 1.21 bits per heavy atom. The molecular formula is C28H38N4O4S2. The predicted molar refractivity (Wildman–Crippen MR) is 156 cm³/mol. The van der Waals surface area contributed by atoms with Gasteiger partial charge in [0, 0.05) is 32.2 Å². The average Bonchev–Trinajstić information content (AvgIpc) is 3.17. The Kier molecular flexibility index (Phi) is 11.0. The van der Waals surface area contributed by atoms with Crippen LogP contribution in [-0.4, -0.2) is 51.9 Å². The molecule has 8 nitrogen and oxygen atoms in total. The van der Waals surface area contributed by atoms with E-state index in [1.807, 2.05) is 11.0 Å². The Balaban J connectivity index is 1.93. The van der Waals surface area contributed by atoms with Crippen LogP contribution in [0.4, 0.5) is 5.82 Å². The molecule has 0 saturated carbocycles. The SMILES string of the molecule is CCCCCCCCN1C(=O)C(=Cc2c(C)c(C#N)c(=O)n(C)c2N2CCCC(C(=O)OCC)C2)SC1=S. The highest BCUT2D eigenvalue weighted by molar-refractivity contribution is 8.26. The number of thiocarbonyl (C=S) groups is 1. The summed E-state index contributed by atoms with van der Waals surface area (Å²) in [6.45, 7) is 7.66. The summed E-state index contributed by atoms with van der Waals surface area (Å²) in [5.41, 5.74) is 0.799. The molecule has 0 N–H and O–H groups in total. The number of nitriles is 1. The fraction of sp³-hybridized carbons (Fsp3) is 0.607. The zero-order chi connectivity index (χ0) is 27.8. The predicted octanol–water partition coefficient (Wildman–Crippen LogP) is 4.91. The lowest BCUT2D eigenvalue weighted by Crippen LogP contribution is -2.42. The minimum atomic E-state index is -0.397. The molecule has 1 aromatic heterocycles. The van der Waals surface area contributed by atoms with Crippen LogP contribution < -0.4 is 10.5 Å². The summed E-state index contributed by atoms with van der Waals surface area (Å²) in [6, 6.07) is 2.04. The minimum absolute atomic E-state index is 0.0454. The van der Waals surface area contributed by atoms with Crippen molar-refractivity contribution in [3.8, 4) is 6.07 Å². The number of anilines is 1. The number of rotatable bonds is 11. The molecule has 2 saturated heterocycles. The normalized spacial score (nSPS) is 18.8. The molecule has 1 unspecified atom stereocenters.